The van der Waals surface area contributed by atoms with E-state index in [0.717, 1.165) is 17.1 Å². The molecule has 0 aliphatic rings. The molecule has 0 fully saturated rings. The highest BCUT2D eigenvalue weighted by Crippen LogP contribution is 2.45. The van der Waals surface area contributed by atoms with Crippen molar-refractivity contribution in [2.75, 3.05) is 4.90 Å². The van der Waals surface area contributed by atoms with E-state index in [1.165, 1.54) is 66.1 Å². The van der Waals surface area contributed by atoms with E-state index in [0.29, 0.717) is 0 Å². The summed E-state index contributed by atoms with van der Waals surface area (Å²) in [5, 5.41) is 5.02. The molecule has 1 nitrogen and oxygen atoms in total. The van der Waals surface area contributed by atoms with Crippen LogP contribution in [0, 0.1) is 0 Å². The third kappa shape index (κ3) is 5.75. The molecule has 0 aromatic heterocycles. The number of para-hydroxylation sites is 2. The second kappa shape index (κ2) is 13.3. The van der Waals surface area contributed by atoms with Gasteiger partial charge in [0, 0.05) is 16.9 Å². The molecule has 240 valence electrons. The molecule has 0 amide bonds. The average Bonchev–Trinajstić information content (AvgIpc) is 3.21. The van der Waals surface area contributed by atoms with Gasteiger partial charge in [-0.1, -0.05) is 182 Å². The second-order valence-electron chi connectivity index (χ2n) is 12.9. The molecule has 0 radical (unpaired) electrons. The number of nitrogens with zero attached hydrogens (tertiary/aromatic N) is 1. The highest BCUT2D eigenvalue weighted by Gasteiger charge is 2.19. The Morgan fingerprint density at radius 2 is 0.725 bits per heavy atom. The fourth-order valence-corrected chi connectivity index (χ4v) is 7.45. The predicted molar refractivity (Wildman–Crippen MR) is 218 cm³/mol. The Hall–Kier alpha value is -6.70. The van der Waals surface area contributed by atoms with E-state index in [1.807, 2.05) is 0 Å². The van der Waals surface area contributed by atoms with E-state index < -0.39 is 0 Å². The number of benzene rings is 9. The zero-order valence-electron chi connectivity index (χ0n) is 28.2. The molecule has 0 bridgehead atoms. The van der Waals surface area contributed by atoms with Crippen LogP contribution >= 0.6 is 0 Å². The molecule has 51 heavy (non-hydrogen) atoms. The summed E-state index contributed by atoms with van der Waals surface area (Å²) in [6.45, 7) is 0. The van der Waals surface area contributed by atoms with Crippen LogP contribution in [0.5, 0.6) is 0 Å². The third-order valence-electron chi connectivity index (χ3n) is 9.88. The van der Waals surface area contributed by atoms with E-state index in [2.05, 4.69) is 217 Å². The standard InChI is InChI=1S/C50H35N/c1-3-14-39(15-4-1)46-25-12-18-41-19-13-26-48(50(41)46)47-23-9-10-27-49(47)51(42-20-5-2-6-21-42)43-34-32-37(33-35-43)36-28-30-40(31-29-36)45-24-11-17-38-16-7-8-22-44(38)45/h1-35H. The van der Waals surface area contributed by atoms with Gasteiger partial charge in [0.1, 0.15) is 0 Å². The first-order valence-electron chi connectivity index (χ1n) is 17.5. The Morgan fingerprint density at radius 1 is 0.255 bits per heavy atom. The van der Waals surface area contributed by atoms with Gasteiger partial charge in [0.2, 0.25) is 0 Å². The zero-order chi connectivity index (χ0) is 34.0. The van der Waals surface area contributed by atoms with Crippen molar-refractivity contribution in [2.24, 2.45) is 0 Å². The largest absolute Gasteiger partial charge is 0.310 e. The van der Waals surface area contributed by atoms with Crippen LogP contribution in [0.1, 0.15) is 0 Å². The molecule has 0 heterocycles. The molecule has 0 N–H and O–H groups in total. The Balaban J connectivity index is 1.13. The molecule has 9 aromatic carbocycles. The van der Waals surface area contributed by atoms with Crippen LogP contribution in [-0.2, 0) is 0 Å². The summed E-state index contributed by atoms with van der Waals surface area (Å²) < 4.78 is 0. The van der Waals surface area contributed by atoms with Crippen molar-refractivity contribution < 1.29 is 0 Å². The van der Waals surface area contributed by atoms with Crippen LogP contribution in [0.3, 0.4) is 0 Å². The van der Waals surface area contributed by atoms with Crippen LogP contribution in [0.15, 0.2) is 212 Å². The highest BCUT2D eigenvalue weighted by atomic mass is 15.1. The summed E-state index contributed by atoms with van der Waals surface area (Å²) in [4.78, 5) is 2.38. The van der Waals surface area contributed by atoms with Gasteiger partial charge < -0.3 is 4.90 Å². The number of hydrogen-bond acceptors (Lipinski definition) is 1. The van der Waals surface area contributed by atoms with Crippen molar-refractivity contribution >= 4 is 38.6 Å². The van der Waals surface area contributed by atoms with Gasteiger partial charge in [-0.15, -0.1) is 0 Å². The summed E-state index contributed by atoms with van der Waals surface area (Å²) in [5.41, 5.74) is 13.1. The number of hydrogen-bond donors (Lipinski definition) is 0. The molecular weight excluding hydrogens is 615 g/mol. The fraction of sp³-hybridized carbons (Fsp3) is 0. The molecular formula is C50H35N. The van der Waals surface area contributed by atoms with Crippen LogP contribution in [0.2, 0.25) is 0 Å². The molecule has 1 heteroatoms. The first-order valence-corrected chi connectivity index (χ1v) is 17.5. The number of anilines is 3. The van der Waals surface area contributed by atoms with Crippen LogP contribution < -0.4 is 4.90 Å². The molecule has 9 rings (SSSR count). The maximum Gasteiger partial charge on any atom is 0.0540 e. The Bertz CT molecular complexity index is 2590. The van der Waals surface area contributed by atoms with Crippen molar-refractivity contribution in [2.45, 2.75) is 0 Å². The lowest BCUT2D eigenvalue weighted by Crippen LogP contribution is -2.11. The minimum atomic E-state index is 1.10. The SMILES string of the molecule is c1ccc(-c2cccc3cccc(-c4ccccc4N(c4ccccc4)c4ccc(-c5ccc(-c6cccc7ccccc67)cc5)cc4)c23)cc1. The van der Waals surface area contributed by atoms with E-state index in [4.69, 9.17) is 0 Å². The van der Waals surface area contributed by atoms with Gasteiger partial charge in [-0.2, -0.15) is 0 Å². The predicted octanol–water partition coefficient (Wildman–Crippen LogP) is 14.1. The van der Waals surface area contributed by atoms with Gasteiger partial charge in [-0.3, -0.25) is 0 Å². The fourth-order valence-electron chi connectivity index (χ4n) is 7.45. The quantitative estimate of drug-likeness (QED) is 0.166. The third-order valence-corrected chi connectivity index (χ3v) is 9.88. The topological polar surface area (TPSA) is 3.24 Å². The van der Waals surface area contributed by atoms with Gasteiger partial charge in [-0.25, -0.2) is 0 Å². The zero-order valence-corrected chi connectivity index (χ0v) is 28.2. The molecule has 0 unspecified atom stereocenters. The maximum absolute atomic E-state index is 2.38. The van der Waals surface area contributed by atoms with E-state index in [1.54, 1.807) is 0 Å². The number of rotatable bonds is 7. The van der Waals surface area contributed by atoms with Crippen molar-refractivity contribution in [3.63, 3.8) is 0 Å². The smallest absolute Gasteiger partial charge is 0.0540 e. The first-order chi connectivity index (χ1) is 25.3. The molecule has 0 spiro atoms. The highest BCUT2D eigenvalue weighted by molar-refractivity contribution is 6.08. The van der Waals surface area contributed by atoms with Gasteiger partial charge >= 0.3 is 0 Å². The van der Waals surface area contributed by atoms with Crippen LogP contribution in [0.4, 0.5) is 17.1 Å². The van der Waals surface area contributed by atoms with Crippen LogP contribution in [0.25, 0.3) is 66.1 Å². The van der Waals surface area contributed by atoms with E-state index in [9.17, 15) is 0 Å². The van der Waals surface area contributed by atoms with Crippen LogP contribution in [-0.4, -0.2) is 0 Å². The Labute approximate surface area is 299 Å². The molecule has 9 aromatic rings. The summed E-state index contributed by atoms with van der Waals surface area (Å²) in [7, 11) is 0. The second-order valence-corrected chi connectivity index (χ2v) is 12.9. The first kappa shape index (κ1) is 30.4. The van der Waals surface area contributed by atoms with Gasteiger partial charge in [0.05, 0.1) is 5.69 Å². The van der Waals surface area contributed by atoms with Gasteiger partial charge in [0.25, 0.3) is 0 Å². The van der Waals surface area contributed by atoms with Crippen molar-refractivity contribution in [3.8, 4) is 44.5 Å². The monoisotopic (exact) mass is 649 g/mol. The molecule has 0 aliphatic heterocycles. The van der Waals surface area contributed by atoms with Gasteiger partial charge in [-0.05, 0) is 90.8 Å². The molecule has 0 atom stereocenters. The lowest BCUT2D eigenvalue weighted by atomic mass is 9.90. The Kier molecular flexibility index (Phi) is 7.92. The maximum atomic E-state index is 2.38. The summed E-state index contributed by atoms with van der Waals surface area (Å²) in [5.74, 6) is 0. The summed E-state index contributed by atoms with van der Waals surface area (Å²) in [6.07, 6.45) is 0. The number of fused-ring (bicyclic) bond motifs is 2. The normalized spacial score (nSPS) is 11.1. The molecule has 0 aliphatic carbocycles. The van der Waals surface area contributed by atoms with Crippen molar-refractivity contribution in [3.05, 3.63) is 212 Å². The molecule has 0 saturated carbocycles. The van der Waals surface area contributed by atoms with Crippen molar-refractivity contribution in [1.29, 1.82) is 0 Å². The van der Waals surface area contributed by atoms with E-state index >= 15 is 0 Å². The lowest BCUT2D eigenvalue weighted by Gasteiger charge is -2.28. The average molecular weight is 650 g/mol. The lowest BCUT2D eigenvalue weighted by molar-refractivity contribution is 1.28. The minimum absolute atomic E-state index is 1.10. The minimum Gasteiger partial charge on any atom is -0.310 e. The van der Waals surface area contributed by atoms with E-state index in [-0.39, 0.29) is 0 Å². The summed E-state index contributed by atoms with van der Waals surface area (Å²) >= 11 is 0. The van der Waals surface area contributed by atoms with Crippen molar-refractivity contribution in [1.82, 2.24) is 0 Å². The van der Waals surface area contributed by atoms with Gasteiger partial charge in [0.15, 0.2) is 0 Å². The summed E-state index contributed by atoms with van der Waals surface area (Å²) in [6, 6.07) is 76.5. The molecule has 0 saturated heterocycles. The Morgan fingerprint density at radius 3 is 1.47 bits per heavy atom.